The molecule has 5 heteroatoms. The lowest BCUT2D eigenvalue weighted by Gasteiger charge is -2.23. The number of rotatable bonds is 2. The van der Waals surface area contributed by atoms with Crippen LogP contribution < -0.4 is 10.1 Å². The largest absolute Gasteiger partial charge is 0.474 e. The van der Waals surface area contributed by atoms with Crippen LogP contribution in [0.4, 0.5) is 0 Å². The van der Waals surface area contributed by atoms with Gasteiger partial charge >= 0.3 is 0 Å². The summed E-state index contributed by atoms with van der Waals surface area (Å²) in [5, 5.41) is 3.31. The second-order valence-corrected chi connectivity index (χ2v) is 3.74. The summed E-state index contributed by atoms with van der Waals surface area (Å²) >= 11 is 0. The Kier molecular flexibility index (Phi) is 7.47. The summed E-state index contributed by atoms with van der Waals surface area (Å²) in [5.41, 5.74) is 1.17. The molecule has 0 atom stereocenters. The van der Waals surface area contributed by atoms with Gasteiger partial charge in [-0.25, -0.2) is 4.98 Å². The highest BCUT2D eigenvalue weighted by atomic mass is 35.5. The average molecular weight is 265 g/mol. The third-order valence-electron chi connectivity index (χ3n) is 2.46. The number of hydrogen-bond acceptors (Lipinski definition) is 3. The number of hydrogen-bond donors (Lipinski definition) is 1. The molecule has 1 saturated heterocycles. The van der Waals surface area contributed by atoms with Gasteiger partial charge in [-0.05, 0) is 38.4 Å². The van der Waals surface area contributed by atoms with E-state index in [2.05, 4.69) is 10.3 Å². The molecular weight excluding hydrogens is 247 g/mol. The molecular formula is C11H18Cl2N2O. The van der Waals surface area contributed by atoms with E-state index in [0.29, 0.717) is 6.10 Å². The van der Waals surface area contributed by atoms with E-state index in [1.807, 2.05) is 25.3 Å². The summed E-state index contributed by atoms with van der Waals surface area (Å²) in [5.74, 6) is 0.752. The monoisotopic (exact) mass is 264 g/mol. The maximum atomic E-state index is 5.76. The molecule has 0 bridgehead atoms. The summed E-state index contributed by atoms with van der Waals surface area (Å²) in [6, 6.07) is 3.97. The maximum Gasteiger partial charge on any atom is 0.213 e. The molecule has 2 heterocycles. The van der Waals surface area contributed by atoms with E-state index in [0.717, 1.165) is 31.8 Å². The predicted molar refractivity (Wildman–Crippen MR) is 70.0 cm³/mol. The van der Waals surface area contributed by atoms with E-state index < -0.39 is 0 Å². The van der Waals surface area contributed by atoms with Gasteiger partial charge in [-0.2, -0.15) is 0 Å². The highest BCUT2D eigenvalue weighted by molar-refractivity contribution is 5.85. The average Bonchev–Trinajstić information content (AvgIpc) is 2.23. The van der Waals surface area contributed by atoms with Crippen LogP contribution in [0.15, 0.2) is 18.3 Å². The first-order valence-corrected chi connectivity index (χ1v) is 5.14. The number of halogens is 2. The van der Waals surface area contributed by atoms with E-state index in [9.17, 15) is 0 Å². The van der Waals surface area contributed by atoms with E-state index in [1.54, 1.807) is 0 Å². The van der Waals surface area contributed by atoms with Crippen molar-refractivity contribution < 1.29 is 4.74 Å². The molecule has 2 rings (SSSR count). The Labute approximate surface area is 109 Å². The van der Waals surface area contributed by atoms with Gasteiger partial charge in [0.05, 0.1) is 0 Å². The van der Waals surface area contributed by atoms with Crippen molar-refractivity contribution in [1.82, 2.24) is 10.3 Å². The number of aromatic nitrogens is 1. The number of nitrogens with one attached hydrogen (secondary N) is 1. The van der Waals surface area contributed by atoms with E-state index in [-0.39, 0.29) is 24.8 Å². The molecule has 0 saturated carbocycles. The van der Waals surface area contributed by atoms with Crippen molar-refractivity contribution in [2.75, 3.05) is 13.1 Å². The molecule has 1 aliphatic rings. The molecule has 1 fully saturated rings. The molecule has 1 aromatic rings. The van der Waals surface area contributed by atoms with Crippen LogP contribution >= 0.6 is 24.8 Å². The Morgan fingerprint density at radius 1 is 1.25 bits per heavy atom. The van der Waals surface area contributed by atoms with Crippen molar-refractivity contribution in [2.45, 2.75) is 25.9 Å². The van der Waals surface area contributed by atoms with Gasteiger partial charge in [0, 0.05) is 12.3 Å². The molecule has 92 valence electrons. The summed E-state index contributed by atoms with van der Waals surface area (Å²) in [6.07, 6.45) is 4.34. The number of nitrogens with zero attached hydrogens (tertiary/aromatic N) is 1. The van der Waals surface area contributed by atoms with Crippen molar-refractivity contribution >= 4 is 24.8 Å². The molecule has 16 heavy (non-hydrogen) atoms. The quantitative estimate of drug-likeness (QED) is 0.891. The summed E-state index contributed by atoms with van der Waals surface area (Å²) in [4.78, 5) is 4.23. The second kappa shape index (κ2) is 7.71. The minimum absolute atomic E-state index is 0. The van der Waals surface area contributed by atoms with Crippen molar-refractivity contribution in [3.8, 4) is 5.88 Å². The lowest BCUT2D eigenvalue weighted by atomic mass is 10.1. The van der Waals surface area contributed by atoms with Crippen molar-refractivity contribution in [2.24, 2.45) is 0 Å². The molecule has 1 N–H and O–H groups in total. The van der Waals surface area contributed by atoms with Crippen LogP contribution in [0.25, 0.3) is 0 Å². The van der Waals surface area contributed by atoms with Gasteiger partial charge < -0.3 is 10.1 Å². The molecule has 1 aromatic heterocycles. The van der Waals surface area contributed by atoms with Gasteiger partial charge in [-0.3, -0.25) is 0 Å². The highest BCUT2D eigenvalue weighted by Crippen LogP contribution is 2.13. The minimum atomic E-state index is 0. The maximum absolute atomic E-state index is 5.76. The fourth-order valence-corrected chi connectivity index (χ4v) is 1.61. The predicted octanol–water partition coefficient (Wildman–Crippen LogP) is 2.36. The second-order valence-electron chi connectivity index (χ2n) is 3.74. The summed E-state index contributed by atoms with van der Waals surface area (Å²) < 4.78 is 5.76. The molecule has 1 aliphatic heterocycles. The van der Waals surface area contributed by atoms with Gasteiger partial charge in [-0.1, -0.05) is 6.07 Å². The molecule has 0 spiro atoms. The lowest BCUT2D eigenvalue weighted by Crippen LogP contribution is -2.34. The molecule has 0 aromatic carbocycles. The standard InChI is InChI=1S/C11H16N2O.2ClH/c1-9-2-3-11(13-8-9)14-10-4-6-12-7-5-10;;/h2-3,8,10,12H,4-7H2,1H3;2*1H. The zero-order valence-electron chi connectivity index (χ0n) is 9.31. The Morgan fingerprint density at radius 2 is 1.94 bits per heavy atom. The molecule has 0 aliphatic carbocycles. The first-order valence-electron chi connectivity index (χ1n) is 5.14. The van der Waals surface area contributed by atoms with Crippen LogP contribution in [-0.4, -0.2) is 24.2 Å². The number of ether oxygens (including phenoxy) is 1. The van der Waals surface area contributed by atoms with Gasteiger partial charge in [0.25, 0.3) is 0 Å². The third-order valence-corrected chi connectivity index (χ3v) is 2.46. The van der Waals surface area contributed by atoms with Gasteiger partial charge in [0.1, 0.15) is 6.10 Å². The Balaban J connectivity index is 0.00000112. The zero-order chi connectivity index (χ0) is 9.80. The minimum Gasteiger partial charge on any atom is -0.474 e. The third kappa shape index (κ3) is 4.56. The molecule has 0 radical (unpaired) electrons. The SMILES string of the molecule is Cc1ccc(OC2CCNCC2)nc1.Cl.Cl. The first-order chi connectivity index (χ1) is 6.84. The van der Waals surface area contributed by atoms with Crippen molar-refractivity contribution in [3.05, 3.63) is 23.9 Å². The van der Waals surface area contributed by atoms with Crippen molar-refractivity contribution in [1.29, 1.82) is 0 Å². The van der Waals surface area contributed by atoms with E-state index in [1.165, 1.54) is 5.56 Å². The van der Waals surface area contributed by atoms with Crippen LogP contribution in [0.1, 0.15) is 18.4 Å². The first kappa shape index (κ1) is 15.5. The molecule has 0 unspecified atom stereocenters. The van der Waals surface area contributed by atoms with Crippen LogP contribution in [0, 0.1) is 6.92 Å². The van der Waals surface area contributed by atoms with Crippen LogP contribution in [0.2, 0.25) is 0 Å². The molecule has 3 nitrogen and oxygen atoms in total. The van der Waals surface area contributed by atoms with E-state index in [4.69, 9.17) is 4.74 Å². The Morgan fingerprint density at radius 3 is 2.50 bits per heavy atom. The highest BCUT2D eigenvalue weighted by Gasteiger charge is 2.14. The van der Waals surface area contributed by atoms with Gasteiger partial charge in [-0.15, -0.1) is 24.8 Å². The number of piperidine rings is 1. The van der Waals surface area contributed by atoms with Gasteiger partial charge in [0.2, 0.25) is 5.88 Å². The topological polar surface area (TPSA) is 34.1 Å². The lowest BCUT2D eigenvalue weighted by molar-refractivity contribution is 0.156. The normalized spacial score (nSPS) is 15.8. The number of pyridine rings is 1. The summed E-state index contributed by atoms with van der Waals surface area (Å²) in [7, 11) is 0. The Hall–Kier alpha value is -0.510. The number of aryl methyl sites for hydroxylation is 1. The Bertz CT molecular complexity index is 287. The fraction of sp³-hybridized carbons (Fsp3) is 0.545. The van der Waals surface area contributed by atoms with Crippen LogP contribution in [0.5, 0.6) is 5.88 Å². The van der Waals surface area contributed by atoms with E-state index >= 15 is 0 Å². The fourth-order valence-electron chi connectivity index (χ4n) is 1.61. The van der Waals surface area contributed by atoms with Crippen LogP contribution in [0.3, 0.4) is 0 Å². The zero-order valence-corrected chi connectivity index (χ0v) is 10.9. The van der Waals surface area contributed by atoms with Crippen LogP contribution in [-0.2, 0) is 0 Å². The smallest absolute Gasteiger partial charge is 0.213 e. The van der Waals surface area contributed by atoms with Gasteiger partial charge in [0.15, 0.2) is 0 Å². The molecule has 0 amide bonds. The van der Waals surface area contributed by atoms with Crippen molar-refractivity contribution in [3.63, 3.8) is 0 Å². The summed E-state index contributed by atoms with van der Waals surface area (Å²) in [6.45, 7) is 4.13.